The summed E-state index contributed by atoms with van der Waals surface area (Å²) in [6, 6.07) is 11.8. The Morgan fingerprint density at radius 3 is 2.73 bits per heavy atom. The second-order valence-electron chi connectivity index (χ2n) is 10.3. The van der Waals surface area contributed by atoms with Crippen LogP contribution in [0.15, 0.2) is 30.3 Å². The number of fused-ring (bicyclic) bond motifs is 3. The molecule has 4 aliphatic rings. The van der Waals surface area contributed by atoms with Crippen LogP contribution in [0.1, 0.15) is 57.4 Å². The Morgan fingerprint density at radius 2 is 1.96 bits per heavy atom. The first-order valence-corrected chi connectivity index (χ1v) is 11.2. The van der Waals surface area contributed by atoms with Crippen molar-refractivity contribution in [1.29, 1.82) is 0 Å². The third kappa shape index (κ3) is 3.24. The molecule has 5 rings (SSSR count). The van der Waals surface area contributed by atoms with Gasteiger partial charge in [0.05, 0.1) is 0 Å². The zero-order chi connectivity index (χ0) is 17.6. The van der Waals surface area contributed by atoms with Gasteiger partial charge < -0.3 is 5.32 Å². The lowest BCUT2D eigenvalue weighted by atomic mass is 9.73. The van der Waals surface area contributed by atoms with Crippen LogP contribution in [0.3, 0.4) is 0 Å². The van der Waals surface area contributed by atoms with Gasteiger partial charge in [-0.1, -0.05) is 50.1 Å². The largest absolute Gasteiger partial charge is 0.313 e. The Labute approximate surface area is 159 Å². The zero-order valence-corrected chi connectivity index (χ0v) is 16.5. The SMILES string of the molecule is CC1(CNC2CCCC3CN(Cc4ccccc4)CC32)CC2CCC1C2. The highest BCUT2D eigenvalue weighted by Gasteiger charge is 2.48. The average molecular weight is 353 g/mol. The van der Waals surface area contributed by atoms with Crippen LogP contribution >= 0.6 is 0 Å². The molecule has 2 heteroatoms. The highest BCUT2D eigenvalue weighted by atomic mass is 15.2. The van der Waals surface area contributed by atoms with E-state index in [4.69, 9.17) is 0 Å². The first-order chi connectivity index (χ1) is 12.7. The van der Waals surface area contributed by atoms with Crippen molar-refractivity contribution >= 4 is 0 Å². The molecule has 1 aromatic rings. The molecule has 0 amide bonds. The smallest absolute Gasteiger partial charge is 0.0233 e. The molecule has 2 nitrogen and oxygen atoms in total. The zero-order valence-electron chi connectivity index (χ0n) is 16.5. The fraction of sp³-hybridized carbons (Fsp3) is 0.750. The van der Waals surface area contributed by atoms with E-state index in [1.165, 1.54) is 70.1 Å². The van der Waals surface area contributed by atoms with Crippen LogP contribution in [0.5, 0.6) is 0 Å². The maximum absolute atomic E-state index is 4.12. The highest BCUT2D eigenvalue weighted by molar-refractivity contribution is 5.15. The number of hydrogen-bond donors (Lipinski definition) is 1. The minimum Gasteiger partial charge on any atom is -0.313 e. The van der Waals surface area contributed by atoms with E-state index < -0.39 is 0 Å². The summed E-state index contributed by atoms with van der Waals surface area (Å²) >= 11 is 0. The van der Waals surface area contributed by atoms with Crippen molar-refractivity contribution in [3.05, 3.63) is 35.9 Å². The molecule has 1 aromatic carbocycles. The minimum absolute atomic E-state index is 0.595. The summed E-state index contributed by atoms with van der Waals surface area (Å²) in [5.41, 5.74) is 2.07. The monoisotopic (exact) mass is 352 g/mol. The Hall–Kier alpha value is -0.860. The number of hydrogen-bond acceptors (Lipinski definition) is 2. The van der Waals surface area contributed by atoms with Gasteiger partial charge in [-0.2, -0.15) is 0 Å². The lowest BCUT2D eigenvalue weighted by Crippen LogP contribution is -2.47. The van der Waals surface area contributed by atoms with Crippen molar-refractivity contribution in [2.24, 2.45) is 29.1 Å². The van der Waals surface area contributed by atoms with E-state index in [9.17, 15) is 0 Å². The Bertz CT molecular complexity index is 614. The van der Waals surface area contributed by atoms with Crippen LogP contribution in [0.25, 0.3) is 0 Å². The second kappa shape index (κ2) is 6.95. The number of nitrogens with zero attached hydrogens (tertiary/aromatic N) is 1. The summed E-state index contributed by atoms with van der Waals surface area (Å²) in [5.74, 6) is 3.88. The van der Waals surface area contributed by atoms with E-state index in [-0.39, 0.29) is 0 Å². The predicted molar refractivity (Wildman–Crippen MR) is 108 cm³/mol. The fourth-order valence-corrected chi connectivity index (χ4v) is 7.09. The summed E-state index contributed by atoms with van der Waals surface area (Å²) in [6.45, 7) is 7.63. The van der Waals surface area contributed by atoms with E-state index in [0.717, 1.165) is 36.3 Å². The first kappa shape index (κ1) is 17.3. The van der Waals surface area contributed by atoms with E-state index in [1.54, 1.807) is 0 Å². The van der Waals surface area contributed by atoms with Gasteiger partial charge in [0, 0.05) is 32.2 Å². The van der Waals surface area contributed by atoms with Crippen LogP contribution in [-0.2, 0) is 6.54 Å². The fourth-order valence-electron chi connectivity index (χ4n) is 7.09. The topological polar surface area (TPSA) is 15.3 Å². The molecule has 142 valence electrons. The van der Waals surface area contributed by atoms with Crippen LogP contribution < -0.4 is 5.32 Å². The van der Waals surface area contributed by atoms with Crippen molar-refractivity contribution < 1.29 is 0 Å². The molecule has 0 aromatic heterocycles. The van der Waals surface area contributed by atoms with Crippen LogP contribution in [0.2, 0.25) is 0 Å². The quantitative estimate of drug-likeness (QED) is 0.826. The van der Waals surface area contributed by atoms with Crippen molar-refractivity contribution in [2.45, 2.75) is 64.5 Å². The average Bonchev–Trinajstić information content (AvgIpc) is 3.34. The molecule has 2 bridgehead atoms. The van der Waals surface area contributed by atoms with E-state index in [0.29, 0.717) is 5.41 Å². The van der Waals surface area contributed by atoms with Crippen molar-refractivity contribution in [3.63, 3.8) is 0 Å². The highest BCUT2D eigenvalue weighted by Crippen LogP contribution is 2.55. The number of rotatable bonds is 5. The molecular weight excluding hydrogens is 316 g/mol. The summed E-state index contributed by atoms with van der Waals surface area (Å²) in [4.78, 5) is 2.73. The molecule has 1 saturated heterocycles. The van der Waals surface area contributed by atoms with Crippen LogP contribution in [0.4, 0.5) is 0 Å². The summed E-state index contributed by atoms with van der Waals surface area (Å²) in [6.07, 6.45) is 10.3. The lowest BCUT2D eigenvalue weighted by molar-refractivity contribution is 0.148. The van der Waals surface area contributed by atoms with Crippen molar-refractivity contribution in [2.75, 3.05) is 19.6 Å². The van der Waals surface area contributed by atoms with Gasteiger partial charge in [-0.15, -0.1) is 0 Å². The van der Waals surface area contributed by atoms with Gasteiger partial charge in [0.25, 0.3) is 0 Å². The predicted octanol–water partition coefficient (Wildman–Crippen LogP) is 4.70. The molecule has 3 saturated carbocycles. The van der Waals surface area contributed by atoms with E-state index in [2.05, 4.69) is 47.5 Å². The van der Waals surface area contributed by atoms with Crippen molar-refractivity contribution in [1.82, 2.24) is 10.2 Å². The van der Waals surface area contributed by atoms with Gasteiger partial charge in [0.15, 0.2) is 0 Å². The Kier molecular flexibility index (Phi) is 4.61. The molecule has 0 spiro atoms. The molecular formula is C24H36N2. The molecule has 1 N–H and O–H groups in total. The molecule has 6 unspecified atom stereocenters. The summed E-state index contributed by atoms with van der Waals surface area (Å²) in [5, 5.41) is 4.12. The maximum Gasteiger partial charge on any atom is 0.0233 e. The number of benzene rings is 1. The molecule has 6 atom stereocenters. The molecule has 1 aliphatic heterocycles. The third-order valence-electron chi connectivity index (χ3n) is 8.47. The van der Waals surface area contributed by atoms with Gasteiger partial charge in [0.1, 0.15) is 0 Å². The summed E-state index contributed by atoms with van der Waals surface area (Å²) < 4.78 is 0. The summed E-state index contributed by atoms with van der Waals surface area (Å²) in [7, 11) is 0. The van der Waals surface area contributed by atoms with Crippen LogP contribution in [0, 0.1) is 29.1 Å². The molecule has 0 radical (unpaired) electrons. The van der Waals surface area contributed by atoms with E-state index >= 15 is 0 Å². The van der Waals surface area contributed by atoms with Gasteiger partial charge in [-0.25, -0.2) is 0 Å². The molecule has 1 heterocycles. The maximum atomic E-state index is 4.12. The third-order valence-corrected chi connectivity index (χ3v) is 8.47. The number of likely N-dealkylation sites (tertiary alicyclic amines) is 1. The van der Waals surface area contributed by atoms with Gasteiger partial charge in [-0.3, -0.25) is 4.90 Å². The Morgan fingerprint density at radius 1 is 1.08 bits per heavy atom. The van der Waals surface area contributed by atoms with Gasteiger partial charge in [0.2, 0.25) is 0 Å². The standard InChI is InChI=1S/C24H36N2/c1-24(13-19-10-11-21(24)12-19)17-25-23-9-5-8-20-15-26(16-22(20)23)14-18-6-3-2-4-7-18/h2-4,6-7,19-23,25H,5,8-17H2,1H3. The lowest BCUT2D eigenvalue weighted by Gasteiger charge is -2.39. The molecule has 26 heavy (non-hydrogen) atoms. The minimum atomic E-state index is 0.595. The normalized spacial score (nSPS) is 42.3. The molecule has 4 fully saturated rings. The Balaban J connectivity index is 1.19. The van der Waals surface area contributed by atoms with Crippen molar-refractivity contribution in [3.8, 4) is 0 Å². The molecule has 3 aliphatic carbocycles. The van der Waals surface area contributed by atoms with Crippen LogP contribution in [-0.4, -0.2) is 30.6 Å². The van der Waals surface area contributed by atoms with Gasteiger partial charge in [-0.05, 0) is 66.8 Å². The second-order valence-corrected chi connectivity index (χ2v) is 10.3. The first-order valence-electron chi connectivity index (χ1n) is 11.2. The van der Waals surface area contributed by atoms with E-state index in [1.807, 2.05) is 0 Å². The number of nitrogens with one attached hydrogen (secondary N) is 1. The van der Waals surface area contributed by atoms with Gasteiger partial charge >= 0.3 is 0 Å².